The molecule has 2 fully saturated rings. The van der Waals surface area contributed by atoms with E-state index in [4.69, 9.17) is 4.42 Å². The van der Waals surface area contributed by atoms with Crippen molar-refractivity contribution in [3.63, 3.8) is 0 Å². The predicted molar refractivity (Wildman–Crippen MR) is 91.7 cm³/mol. The van der Waals surface area contributed by atoms with Gasteiger partial charge in [0.1, 0.15) is 5.76 Å². The summed E-state index contributed by atoms with van der Waals surface area (Å²) in [7, 11) is 0. The first-order valence-electron chi connectivity index (χ1n) is 8.34. The van der Waals surface area contributed by atoms with Gasteiger partial charge >= 0.3 is 0 Å². The number of carbonyl (C=O) groups excluding carboxylic acids is 1. The number of nitrogens with zero attached hydrogens (tertiary/aromatic N) is 3. The molecular weight excluding hydrogens is 310 g/mol. The summed E-state index contributed by atoms with van der Waals surface area (Å²) in [5, 5.41) is 1.15. The lowest BCUT2D eigenvalue weighted by Gasteiger charge is -2.36. The van der Waals surface area contributed by atoms with Gasteiger partial charge in [-0.25, -0.2) is 0 Å². The fourth-order valence-electron chi connectivity index (χ4n) is 3.37. The van der Waals surface area contributed by atoms with Crippen LogP contribution in [-0.4, -0.2) is 58.3 Å². The predicted octanol–water partition coefficient (Wildman–Crippen LogP) is 2.41. The van der Waals surface area contributed by atoms with Crippen LogP contribution in [0.5, 0.6) is 0 Å². The van der Waals surface area contributed by atoms with Gasteiger partial charge in [-0.3, -0.25) is 9.79 Å². The van der Waals surface area contributed by atoms with E-state index in [1.807, 2.05) is 28.8 Å². The number of amides is 1. The molecule has 1 saturated heterocycles. The highest BCUT2D eigenvalue weighted by molar-refractivity contribution is 8.15. The Bertz CT molecular complexity index is 618. The maximum Gasteiger partial charge on any atom is 0.226 e. The summed E-state index contributed by atoms with van der Waals surface area (Å²) in [5.74, 6) is 1.68. The highest BCUT2D eigenvalue weighted by atomic mass is 32.2. The van der Waals surface area contributed by atoms with Gasteiger partial charge in [0.25, 0.3) is 0 Å². The Morgan fingerprint density at radius 1 is 1.35 bits per heavy atom. The minimum absolute atomic E-state index is 0.129. The van der Waals surface area contributed by atoms with E-state index in [-0.39, 0.29) is 10.7 Å². The first kappa shape index (κ1) is 15.1. The number of hydrogen-bond donors (Lipinski definition) is 0. The van der Waals surface area contributed by atoms with Crippen molar-refractivity contribution in [2.45, 2.75) is 30.9 Å². The number of amidine groups is 1. The van der Waals surface area contributed by atoms with Crippen molar-refractivity contribution in [3.05, 3.63) is 24.2 Å². The van der Waals surface area contributed by atoms with Crippen LogP contribution in [0.2, 0.25) is 0 Å². The van der Waals surface area contributed by atoms with Crippen LogP contribution in [0.1, 0.15) is 31.9 Å². The molecule has 3 aliphatic rings. The Morgan fingerprint density at radius 3 is 2.74 bits per heavy atom. The van der Waals surface area contributed by atoms with Gasteiger partial charge < -0.3 is 14.2 Å². The zero-order valence-electron chi connectivity index (χ0n) is 13.7. The molecule has 1 aliphatic carbocycles. The Morgan fingerprint density at radius 2 is 2.13 bits per heavy atom. The summed E-state index contributed by atoms with van der Waals surface area (Å²) in [6.45, 7) is 8.75. The summed E-state index contributed by atoms with van der Waals surface area (Å²) in [4.78, 5) is 21.6. The van der Waals surface area contributed by atoms with Crippen molar-refractivity contribution >= 4 is 22.8 Å². The highest BCUT2D eigenvalue weighted by Gasteiger charge is 2.48. The van der Waals surface area contributed by atoms with E-state index in [9.17, 15) is 4.79 Å². The SMILES string of the molecule is CC1(C)CN=C(N2CCN(C(=O)C3CC3c3ccco3)CC2)S1. The summed E-state index contributed by atoms with van der Waals surface area (Å²) in [6, 6.07) is 3.88. The Kier molecular flexibility index (Phi) is 3.67. The molecule has 3 heterocycles. The second-order valence-corrected chi connectivity index (χ2v) is 8.91. The lowest BCUT2D eigenvalue weighted by atomic mass is 10.2. The molecule has 0 spiro atoms. The number of thioether (sulfide) groups is 1. The number of rotatable bonds is 2. The van der Waals surface area contributed by atoms with Crippen LogP contribution in [0, 0.1) is 5.92 Å². The Hall–Kier alpha value is -1.43. The molecule has 0 bridgehead atoms. The molecule has 1 aromatic rings. The first-order valence-corrected chi connectivity index (χ1v) is 9.16. The van der Waals surface area contributed by atoms with E-state index in [1.54, 1.807) is 6.26 Å². The molecule has 1 amide bonds. The molecule has 1 saturated carbocycles. The van der Waals surface area contributed by atoms with Gasteiger partial charge in [-0.05, 0) is 32.4 Å². The second kappa shape index (κ2) is 5.58. The van der Waals surface area contributed by atoms with Gasteiger partial charge in [0, 0.05) is 42.8 Å². The number of hydrogen-bond acceptors (Lipinski definition) is 5. The Balaban J connectivity index is 1.30. The maximum atomic E-state index is 12.6. The second-order valence-electron chi connectivity index (χ2n) is 7.24. The van der Waals surface area contributed by atoms with E-state index >= 15 is 0 Å². The summed E-state index contributed by atoms with van der Waals surface area (Å²) < 4.78 is 5.65. The zero-order chi connectivity index (χ0) is 16.0. The lowest BCUT2D eigenvalue weighted by molar-refractivity contribution is -0.133. The average Bonchev–Trinajstić information content (AvgIpc) is 2.98. The topological polar surface area (TPSA) is 49.0 Å². The van der Waals surface area contributed by atoms with Crippen LogP contribution in [-0.2, 0) is 4.79 Å². The van der Waals surface area contributed by atoms with E-state index in [0.29, 0.717) is 11.8 Å². The van der Waals surface area contributed by atoms with Crippen LogP contribution in [0.4, 0.5) is 0 Å². The van der Waals surface area contributed by atoms with Crippen molar-refractivity contribution < 1.29 is 9.21 Å². The van der Waals surface area contributed by atoms with Gasteiger partial charge in [0.15, 0.2) is 5.17 Å². The number of aliphatic imine (C=N–C) groups is 1. The summed E-state index contributed by atoms with van der Waals surface area (Å²) >= 11 is 1.86. The van der Waals surface area contributed by atoms with Crippen LogP contribution in [0.3, 0.4) is 0 Å². The summed E-state index contributed by atoms with van der Waals surface area (Å²) in [5.41, 5.74) is 0. The molecule has 23 heavy (non-hydrogen) atoms. The molecule has 0 aromatic carbocycles. The van der Waals surface area contributed by atoms with Gasteiger partial charge in [0.05, 0.1) is 12.8 Å². The molecule has 5 nitrogen and oxygen atoms in total. The van der Waals surface area contributed by atoms with Crippen molar-refractivity contribution in [1.29, 1.82) is 0 Å². The van der Waals surface area contributed by atoms with Crippen LogP contribution < -0.4 is 0 Å². The fraction of sp³-hybridized carbons (Fsp3) is 0.647. The average molecular weight is 333 g/mol. The van der Waals surface area contributed by atoms with Crippen molar-refractivity contribution in [2.24, 2.45) is 10.9 Å². The smallest absolute Gasteiger partial charge is 0.226 e. The summed E-state index contributed by atoms with van der Waals surface area (Å²) in [6.07, 6.45) is 2.62. The molecule has 0 radical (unpaired) electrons. The minimum atomic E-state index is 0.129. The third kappa shape index (κ3) is 3.01. The highest BCUT2D eigenvalue weighted by Crippen LogP contribution is 2.48. The largest absolute Gasteiger partial charge is 0.469 e. The molecule has 6 heteroatoms. The van der Waals surface area contributed by atoms with Crippen LogP contribution >= 0.6 is 11.8 Å². The zero-order valence-corrected chi connectivity index (χ0v) is 14.5. The molecule has 2 aliphatic heterocycles. The standard InChI is InChI=1S/C17H23N3O2S/c1-17(2)11-18-16(23-17)20-7-5-19(6-8-20)15(21)13-10-12(13)14-4-3-9-22-14/h3-4,9,12-13H,5-8,10-11H2,1-2H3. The van der Waals surface area contributed by atoms with E-state index < -0.39 is 0 Å². The fourth-order valence-corrected chi connectivity index (χ4v) is 4.44. The normalized spacial score (nSPS) is 29.6. The molecule has 1 aromatic heterocycles. The van der Waals surface area contributed by atoms with Gasteiger partial charge in [0.2, 0.25) is 5.91 Å². The van der Waals surface area contributed by atoms with Gasteiger partial charge in [-0.1, -0.05) is 11.8 Å². The van der Waals surface area contributed by atoms with Crippen LogP contribution in [0.25, 0.3) is 0 Å². The third-order valence-electron chi connectivity index (χ3n) is 4.84. The van der Waals surface area contributed by atoms with Gasteiger partial charge in [-0.15, -0.1) is 0 Å². The number of furan rings is 1. The molecular formula is C17H23N3O2S. The quantitative estimate of drug-likeness (QED) is 0.834. The molecule has 0 N–H and O–H groups in total. The van der Waals surface area contributed by atoms with Crippen molar-refractivity contribution in [3.8, 4) is 0 Å². The Labute approximate surface area is 141 Å². The van der Waals surface area contributed by atoms with E-state index in [2.05, 4.69) is 23.7 Å². The first-order chi connectivity index (χ1) is 11.0. The monoisotopic (exact) mass is 333 g/mol. The van der Waals surface area contributed by atoms with Crippen molar-refractivity contribution in [2.75, 3.05) is 32.7 Å². The maximum absolute atomic E-state index is 12.6. The lowest BCUT2D eigenvalue weighted by Crippen LogP contribution is -2.50. The molecule has 2 unspecified atom stereocenters. The van der Waals surface area contributed by atoms with E-state index in [1.165, 1.54) is 0 Å². The molecule has 2 atom stereocenters. The van der Waals surface area contributed by atoms with Crippen LogP contribution in [0.15, 0.2) is 27.8 Å². The minimum Gasteiger partial charge on any atom is -0.469 e. The van der Waals surface area contributed by atoms with Gasteiger partial charge in [-0.2, -0.15) is 0 Å². The van der Waals surface area contributed by atoms with Crippen molar-refractivity contribution in [1.82, 2.24) is 9.80 Å². The molecule has 4 rings (SSSR count). The van der Waals surface area contributed by atoms with E-state index in [0.717, 1.165) is 50.1 Å². The third-order valence-corrected chi connectivity index (χ3v) is 6.09. The number of carbonyl (C=O) groups is 1. The number of piperazine rings is 1. The molecule has 124 valence electrons.